The number of hydrogen-bond acceptors (Lipinski definition) is 5. The predicted octanol–water partition coefficient (Wildman–Crippen LogP) is 3.45. The number of imide groups is 1. The third kappa shape index (κ3) is 5.11. The number of rotatable bonds is 5. The van der Waals surface area contributed by atoms with Crippen molar-refractivity contribution in [3.63, 3.8) is 0 Å². The Bertz CT molecular complexity index is 1100. The van der Waals surface area contributed by atoms with Gasteiger partial charge in [-0.2, -0.15) is 0 Å². The highest BCUT2D eigenvalue weighted by Crippen LogP contribution is 2.29. The summed E-state index contributed by atoms with van der Waals surface area (Å²) in [7, 11) is 1.49. The van der Waals surface area contributed by atoms with Crippen LogP contribution in [-0.2, 0) is 19.8 Å². The molecule has 1 saturated heterocycles. The minimum absolute atomic E-state index is 0.0745. The molecule has 8 heteroatoms. The van der Waals surface area contributed by atoms with Crippen molar-refractivity contribution in [2.24, 2.45) is 5.92 Å². The number of hydrogen-bond donors (Lipinski definition) is 1. The summed E-state index contributed by atoms with van der Waals surface area (Å²) >= 11 is 0. The Balaban J connectivity index is 1.87. The third-order valence-corrected chi connectivity index (χ3v) is 5.71. The van der Waals surface area contributed by atoms with E-state index in [1.54, 1.807) is 50.2 Å². The number of benzene rings is 2. The fraction of sp³-hybridized carbons (Fsp3) is 0.385. The van der Waals surface area contributed by atoms with E-state index in [0.29, 0.717) is 17.0 Å². The molecule has 2 aromatic rings. The van der Waals surface area contributed by atoms with Gasteiger partial charge in [-0.3, -0.25) is 24.6 Å². The first-order valence-corrected chi connectivity index (χ1v) is 11.2. The Kier molecular flexibility index (Phi) is 7.09. The largest absolute Gasteiger partial charge is 0.497 e. The average Bonchev–Trinajstić information content (AvgIpc) is 3.09. The van der Waals surface area contributed by atoms with Crippen molar-refractivity contribution < 1.29 is 23.9 Å². The van der Waals surface area contributed by atoms with Crippen molar-refractivity contribution in [3.05, 3.63) is 59.7 Å². The SMILES string of the molecule is COc1cccc(N2C(=O)CC(N(NC(=O)c3ccc(C(C)(C)C)cc3)C(=O)C(C)C)C2=O)c1. The standard InChI is InChI=1S/C26H31N3O5/c1-16(2)24(32)29(27-23(31)17-10-12-18(13-11-17)26(3,4)5)21-15-22(30)28(25(21)33)19-8-7-9-20(14-19)34-6/h7-14,16,21H,15H2,1-6H3,(H,27,31). The Morgan fingerprint density at radius 2 is 1.74 bits per heavy atom. The van der Waals surface area contributed by atoms with Gasteiger partial charge in [0.25, 0.3) is 11.8 Å². The van der Waals surface area contributed by atoms with Crippen LogP contribution in [-0.4, -0.2) is 41.8 Å². The van der Waals surface area contributed by atoms with Crippen molar-refractivity contribution in [2.45, 2.75) is 52.5 Å². The van der Waals surface area contributed by atoms with Crippen LogP contribution < -0.4 is 15.1 Å². The number of anilines is 1. The Hall–Kier alpha value is -3.68. The lowest BCUT2D eigenvalue weighted by atomic mass is 9.87. The molecule has 8 nitrogen and oxygen atoms in total. The Labute approximate surface area is 199 Å². The number of carbonyl (C=O) groups is 4. The summed E-state index contributed by atoms with van der Waals surface area (Å²) < 4.78 is 5.19. The van der Waals surface area contributed by atoms with E-state index in [0.717, 1.165) is 15.5 Å². The smallest absolute Gasteiger partial charge is 0.269 e. The van der Waals surface area contributed by atoms with Crippen LogP contribution in [0.15, 0.2) is 48.5 Å². The summed E-state index contributed by atoms with van der Waals surface area (Å²) in [5.74, 6) is -2.06. The first kappa shape index (κ1) is 25.0. The molecule has 34 heavy (non-hydrogen) atoms. The minimum Gasteiger partial charge on any atom is -0.497 e. The van der Waals surface area contributed by atoms with Gasteiger partial charge >= 0.3 is 0 Å². The summed E-state index contributed by atoms with van der Waals surface area (Å²) in [5.41, 5.74) is 4.25. The van der Waals surface area contributed by atoms with E-state index in [1.807, 2.05) is 12.1 Å². The number of hydrazine groups is 1. The van der Waals surface area contributed by atoms with E-state index >= 15 is 0 Å². The second kappa shape index (κ2) is 9.67. The summed E-state index contributed by atoms with van der Waals surface area (Å²) in [6, 6.07) is 12.5. The fourth-order valence-corrected chi connectivity index (χ4v) is 3.70. The molecule has 1 N–H and O–H groups in total. The van der Waals surface area contributed by atoms with Crippen LogP contribution in [0.25, 0.3) is 0 Å². The molecule has 1 fully saturated rings. The van der Waals surface area contributed by atoms with Crippen LogP contribution in [0, 0.1) is 5.92 Å². The van der Waals surface area contributed by atoms with E-state index in [4.69, 9.17) is 4.74 Å². The highest BCUT2D eigenvalue weighted by molar-refractivity contribution is 6.23. The molecule has 1 heterocycles. The fourth-order valence-electron chi connectivity index (χ4n) is 3.70. The number of carbonyl (C=O) groups excluding carboxylic acids is 4. The lowest BCUT2D eigenvalue weighted by molar-refractivity contribution is -0.143. The lowest BCUT2D eigenvalue weighted by Gasteiger charge is -2.29. The molecule has 0 aliphatic carbocycles. The Morgan fingerprint density at radius 1 is 1.09 bits per heavy atom. The van der Waals surface area contributed by atoms with Crippen LogP contribution in [0.1, 0.15) is 57.0 Å². The molecule has 2 aromatic carbocycles. The second-order valence-corrected chi connectivity index (χ2v) is 9.62. The zero-order valence-electron chi connectivity index (χ0n) is 20.4. The van der Waals surface area contributed by atoms with Crippen molar-refractivity contribution in [1.82, 2.24) is 10.4 Å². The summed E-state index contributed by atoms with van der Waals surface area (Å²) in [4.78, 5) is 53.1. The third-order valence-electron chi connectivity index (χ3n) is 5.71. The van der Waals surface area contributed by atoms with E-state index in [2.05, 4.69) is 26.2 Å². The van der Waals surface area contributed by atoms with Gasteiger partial charge in [0.05, 0.1) is 19.2 Å². The monoisotopic (exact) mass is 465 g/mol. The van der Waals surface area contributed by atoms with Crippen LogP contribution in [0.5, 0.6) is 5.75 Å². The molecule has 4 amide bonds. The maximum Gasteiger partial charge on any atom is 0.269 e. The number of amides is 4. The first-order chi connectivity index (χ1) is 15.9. The van der Waals surface area contributed by atoms with Gasteiger partial charge in [0, 0.05) is 17.5 Å². The topological polar surface area (TPSA) is 96.0 Å². The van der Waals surface area contributed by atoms with Gasteiger partial charge in [0.2, 0.25) is 11.8 Å². The van der Waals surface area contributed by atoms with Crippen LogP contribution in [0.3, 0.4) is 0 Å². The first-order valence-electron chi connectivity index (χ1n) is 11.2. The molecule has 1 aliphatic rings. The highest BCUT2D eigenvalue weighted by atomic mass is 16.5. The van der Waals surface area contributed by atoms with Crippen LogP contribution in [0.2, 0.25) is 0 Å². The van der Waals surface area contributed by atoms with E-state index in [1.165, 1.54) is 7.11 Å². The van der Waals surface area contributed by atoms with Gasteiger partial charge < -0.3 is 4.74 Å². The maximum absolute atomic E-state index is 13.3. The van der Waals surface area contributed by atoms with Crippen LogP contribution in [0.4, 0.5) is 5.69 Å². The number of methoxy groups -OCH3 is 1. The van der Waals surface area contributed by atoms with Gasteiger partial charge in [0.15, 0.2) is 0 Å². The molecule has 0 saturated carbocycles. The van der Waals surface area contributed by atoms with Crippen molar-refractivity contribution in [3.8, 4) is 5.75 Å². The number of ether oxygens (including phenoxy) is 1. The van der Waals surface area contributed by atoms with Gasteiger partial charge in [-0.1, -0.05) is 52.8 Å². The highest BCUT2D eigenvalue weighted by Gasteiger charge is 2.45. The van der Waals surface area contributed by atoms with Crippen LogP contribution >= 0.6 is 0 Å². The molecule has 1 aliphatic heterocycles. The molecule has 1 unspecified atom stereocenters. The molecule has 0 radical (unpaired) electrons. The maximum atomic E-state index is 13.3. The van der Waals surface area contributed by atoms with Crippen molar-refractivity contribution >= 4 is 29.3 Å². The molecule has 0 aromatic heterocycles. The van der Waals surface area contributed by atoms with E-state index in [9.17, 15) is 19.2 Å². The number of nitrogens with one attached hydrogen (secondary N) is 1. The molecular formula is C26H31N3O5. The van der Waals surface area contributed by atoms with Gasteiger partial charge in [-0.15, -0.1) is 0 Å². The van der Waals surface area contributed by atoms with Gasteiger partial charge in [0.1, 0.15) is 11.8 Å². The predicted molar refractivity (Wildman–Crippen MR) is 128 cm³/mol. The summed E-state index contributed by atoms with van der Waals surface area (Å²) in [5, 5.41) is 1.01. The second-order valence-electron chi connectivity index (χ2n) is 9.62. The summed E-state index contributed by atoms with van der Waals surface area (Å²) in [6.07, 6.45) is -0.238. The van der Waals surface area contributed by atoms with Gasteiger partial charge in [-0.05, 0) is 35.2 Å². The van der Waals surface area contributed by atoms with E-state index < -0.39 is 35.6 Å². The minimum atomic E-state index is -1.15. The van der Waals surface area contributed by atoms with Gasteiger partial charge in [-0.25, -0.2) is 9.91 Å². The molecule has 3 rings (SSSR count). The Morgan fingerprint density at radius 3 is 2.29 bits per heavy atom. The molecule has 0 spiro atoms. The lowest BCUT2D eigenvalue weighted by Crippen LogP contribution is -2.55. The van der Waals surface area contributed by atoms with Crippen molar-refractivity contribution in [2.75, 3.05) is 12.0 Å². The summed E-state index contributed by atoms with van der Waals surface area (Å²) in [6.45, 7) is 9.55. The number of nitrogens with zero attached hydrogens (tertiary/aromatic N) is 2. The zero-order valence-corrected chi connectivity index (χ0v) is 20.4. The molecular weight excluding hydrogens is 434 g/mol. The average molecular weight is 466 g/mol. The normalized spacial score (nSPS) is 16.1. The molecule has 180 valence electrons. The molecule has 1 atom stereocenters. The van der Waals surface area contributed by atoms with E-state index in [-0.39, 0.29) is 11.8 Å². The zero-order chi connectivity index (χ0) is 25.2. The van der Waals surface area contributed by atoms with Crippen molar-refractivity contribution in [1.29, 1.82) is 0 Å². The quantitative estimate of drug-likeness (QED) is 0.539. The molecule has 0 bridgehead atoms.